The van der Waals surface area contributed by atoms with Crippen LogP contribution < -0.4 is 4.74 Å². The number of ether oxygens (including phenoxy) is 1. The highest BCUT2D eigenvalue weighted by atomic mass is 79.9. The van der Waals surface area contributed by atoms with Crippen molar-refractivity contribution in [3.8, 4) is 16.9 Å². The summed E-state index contributed by atoms with van der Waals surface area (Å²) in [5, 5.41) is 2.51. The van der Waals surface area contributed by atoms with Gasteiger partial charge in [-0.15, -0.1) is 0 Å². The lowest BCUT2D eigenvalue weighted by Crippen LogP contribution is -2.56. The zero-order valence-electron chi connectivity index (χ0n) is 14.6. The first kappa shape index (κ1) is 16.6. The van der Waals surface area contributed by atoms with Crippen molar-refractivity contribution in [3.63, 3.8) is 0 Å². The number of rotatable bonds is 4. The number of likely N-dealkylation sites (tertiary alicyclic amines) is 1. The first-order valence-corrected chi connectivity index (χ1v) is 9.59. The minimum atomic E-state index is 0.269. The van der Waals surface area contributed by atoms with Crippen LogP contribution in [0.3, 0.4) is 0 Å². The summed E-state index contributed by atoms with van der Waals surface area (Å²) in [7, 11) is 0. The van der Waals surface area contributed by atoms with E-state index in [0.717, 1.165) is 28.9 Å². The molecule has 128 valence electrons. The molecule has 1 fully saturated rings. The molecule has 0 amide bonds. The van der Waals surface area contributed by atoms with E-state index in [1.54, 1.807) is 0 Å². The molecule has 1 aliphatic heterocycles. The number of hydrogen-bond donors (Lipinski definition) is 0. The molecule has 0 unspecified atom stereocenters. The molecule has 1 saturated heterocycles. The van der Waals surface area contributed by atoms with Gasteiger partial charge >= 0.3 is 0 Å². The molecule has 3 aromatic carbocycles. The Morgan fingerprint density at radius 2 is 1.72 bits per heavy atom. The zero-order chi connectivity index (χ0) is 17.4. The fraction of sp³-hybridized carbons (Fsp3) is 0.273. The van der Waals surface area contributed by atoms with E-state index in [0.29, 0.717) is 6.04 Å². The van der Waals surface area contributed by atoms with Gasteiger partial charge in [-0.05, 0) is 48.4 Å². The van der Waals surface area contributed by atoms with Gasteiger partial charge in [-0.3, -0.25) is 4.90 Å². The smallest absolute Gasteiger partial charge is 0.128 e. The van der Waals surface area contributed by atoms with Crippen molar-refractivity contribution in [2.75, 3.05) is 13.1 Å². The molecular weight excluding hydrogens is 374 g/mol. The molecule has 4 rings (SSSR count). The van der Waals surface area contributed by atoms with Gasteiger partial charge in [0.2, 0.25) is 0 Å². The third-order valence-electron chi connectivity index (χ3n) is 4.92. The second-order valence-electron chi connectivity index (χ2n) is 6.95. The lowest BCUT2D eigenvalue weighted by Gasteiger charge is -2.41. The summed E-state index contributed by atoms with van der Waals surface area (Å²) in [6, 6.07) is 21.9. The maximum atomic E-state index is 6.37. The molecule has 0 aliphatic carbocycles. The van der Waals surface area contributed by atoms with E-state index in [9.17, 15) is 0 Å². The fourth-order valence-electron chi connectivity index (χ4n) is 3.42. The highest BCUT2D eigenvalue weighted by Gasteiger charge is 2.30. The van der Waals surface area contributed by atoms with Crippen LogP contribution in [0, 0.1) is 0 Å². The minimum Gasteiger partial charge on any atom is -0.487 e. The normalized spacial score (nSPS) is 15.5. The number of fused-ring (bicyclic) bond motifs is 1. The average molecular weight is 396 g/mol. The zero-order valence-corrected chi connectivity index (χ0v) is 16.2. The van der Waals surface area contributed by atoms with Crippen molar-refractivity contribution in [1.29, 1.82) is 0 Å². The van der Waals surface area contributed by atoms with E-state index in [2.05, 4.69) is 95.3 Å². The second-order valence-corrected chi connectivity index (χ2v) is 7.87. The molecule has 1 aliphatic rings. The van der Waals surface area contributed by atoms with Gasteiger partial charge in [-0.2, -0.15) is 0 Å². The maximum Gasteiger partial charge on any atom is 0.128 e. The number of hydrogen-bond acceptors (Lipinski definition) is 2. The molecule has 0 atom stereocenters. The molecule has 3 heteroatoms. The van der Waals surface area contributed by atoms with Crippen LogP contribution in [-0.4, -0.2) is 30.1 Å². The Labute approximate surface area is 157 Å². The van der Waals surface area contributed by atoms with Gasteiger partial charge in [-0.25, -0.2) is 0 Å². The van der Waals surface area contributed by atoms with Gasteiger partial charge in [0.15, 0.2) is 0 Å². The third-order valence-corrected chi connectivity index (χ3v) is 5.42. The predicted octanol–water partition coefficient (Wildman–Crippen LogP) is 5.74. The SMILES string of the molecule is CC(C)N1CC(Oc2cc(Br)ccc2-c2cccc3ccccc23)C1. The van der Waals surface area contributed by atoms with Crippen LogP contribution in [0.25, 0.3) is 21.9 Å². The van der Waals surface area contributed by atoms with Crippen molar-refractivity contribution in [2.45, 2.75) is 26.0 Å². The summed E-state index contributed by atoms with van der Waals surface area (Å²) in [6.07, 6.45) is 0.269. The molecule has 0 saturated carbocycles. The number of nitrogens with zero attached hydrogens (tertiary/aromatic N) is 1. The minimum absolute atomic E-state index is 0.269. The monoisotopic (exact) mass is 395 g/mol. The lowest BCUT2D eigenvalue weighted by molar-refractivity contribution is 0.000440. The van der Waals surface area contributed by atoms with Gasteiger partial charge in [-0.1, -0.05) is 58.4 Å². The van der Waals surface area contributed by atoms with Crippen molar-refractivity contribution in [2.24, 2.45) is 0 Å². The molecule has 0 aromatic heterocycles. The number of halogens is 1. The van der Waals surface area contributed by atoms with Crippen LogP contribution in [0.5, 0.6) is 5.75 Å². The number of benzene rings is 3. The predicted molar refractivity (Wildman–Crippen MR) is 108 cm³/mol. The van der Waals surface area contributed by atoms with Crippen molar-refractivity contribution in [3.05, 3.63) is 65.1 Å². The highest BCUT2D eigenvalue weighted by Crippen LogP contribution is 2.37. The third kappa shape index (κ3) is 3.31. The summed E-state index contributed by atoms with van der Waals surface area (Å²) < 4.78 is 7.42. The molecule has 0 radical (unpaired) electrons. The molecule has 0 N–H and O–H groups in total. The molecule has 0 spiro atoms. The van der Waals surface area contributed by atoms with E-state index < -0.39 is 0 Å². The Kier molecular flexibility index (Phi) is 4.53. The standard InChI is InChI=1S/C22H22BrNO/c1-15(2)24-13-18(14-24)25-22-12-17(23)10-11-21(22)20-9-5-7-16-6-3-4-8-19(16)20/h3-12,15,18H,13-14H2,1-2H3. The summed E-state index contributed by atoms with van der Waals surface area (Å²) in [5.41, 5.74) is 2.38. The molecule has 3 aromatic rings. The van der Waals surface area contributed by atoms with Crippen molar-refractivity contribution in [1.82, 2.24) is 4.90 Å². The van der Waals surface area contributed by atoms with Crippen LogP contribution in [0.4, 0.5) is 0 Å². The van der Waals surface area contributed by atoms with Crippen molar-refractivity contribution >= 4 is 26.7 Å². The van der Waals surface area contributed by atoms with E-state index >= 15 is 0 Å². The Morgan fingerprint density at radius 1 is 0.960 bits per heavy atom. The van der Waals surface area contributed by atoms with E-state index in [-0.39, 0.29) is 6.10 Å². The summed E-state index contributed by atoms with van der Waals surface area (Å²) >= 11 is 3.59. The Bertz CT molecular complexity index is 894. The van der Waals surface area contributed by atoms with Crippen LogP contribution >= 0.6 is 15.9 Å². The van der Waals surface area contributed by atoms with Gasteiger partial charge in [0.25, 0.3) is 0 Å². The van der Waals surface area contributed by atoms with Crippen molar-refractivity contribution < 1.29 is 4.74 Å². The Hall–Kier alpha value is -1.84. The topological polar surface area (TPSA) is 12.5 Å². The van der Waals surface area contributed by atoms with Gasteiger partial charge in [0, 0.05) is 29.2 Å². The summed E-state index contributed by atoms with van der Waals surface area (Å²) in [4.78, 5) is 2.43. The highest BCUT2D eigenvalue weighted by molar-refractivity contribution is 9.10. The molecule has 1 heterocycles. The molecule has 25 heavy (non-hydrogen) atoms. The first-order chi connectivity index (χ1) is 12.1. The van der Waals surface area contributed by atoms with Crippen LogP contribution in [0.1, 0.15) is 13.8 Å². The maximum absolute atomic E-state index is 6.37. The Morgan fingerprint density at radius 3 is 2.52 bits per heavy atom. The Balaban J connectivity index is 1.70. The van der Waals surface area contributed by atoms with Gasteiger partial charge < -0.3 is 4.74 Å². The lowest BCUT2D eigenvalue weighted by atomic mass is 9.97. The summed E-state index contributed by atoms with van der Waals surface area (Å²) in [5.74, 6) is 0.958. The van der Waals surface area contributed by atoms with Crippen LogP contribution in [0.15, 0.2) is 65.1 Å². The van der Waals surface area contributed by atoms with Crippen LogP contribution in [-0.2, 0) is 0 Å². The van der Waals surface area contributed by atoms with E-state index in [4.69, 9.17) is 4.74 Å². The van der Waals surface area contributed by atoms with Crippen LogP contribution in [0.2, 0.25) is 0 Å². The molecular formula is C22H22BrNO. The fourth-order valence-corrected chi connectivity index (χ4v) is 3.76. The second kappa shape index (κ2) is 6.81. The molecule has 2 nitrogen and oxygen atoms in total. The largest absolute Gasteiger partial charge is 0.487 e. The average Bonchev–Trinajstić information content (AvgIpc) is 2.57. The first-order valence-electron chi connectivity index (χ1n) is 8.80. The summed E-state index contributed by atoms with van der Waals surface area (Å²) in [6.45, 7) is 6.46. The van der Waals surface area contributed by atoms with Gasteiger partial charge in [0.1, 0.15) is 11.9 Å². The molecule has 0 bridgehead atoms. The van der Waals surface area contributed by atoms with E-state index in [1.807, 2.05) is 0 Å². The van der Waals surface area contributed by atoms with E-state index in [1.165, 1.54) is 16.3 Å². The van der Waals surface area contributed by atoms with Gasteiger partial charge in [0.05, 0.1) is 0 Å². The quantitative estimate of drug-likeness (QED) is 0.558.